The van der Waals surface area contributed by atoms with E-state index in [9.17, 15) is 9.59 Å². The zero-order valence-electron chi connectivity index (χ0n) is 14.3. The van der Waals surface area contributed by atoms with Gasteiger partial charge < -0.3 is 15.4 Å². The highest BCUT2D eigenvalue weighted by Gasteiger charge is 2.74. The molecule has 3 rings (SSSR count). The highest BCUT2D eigenvalue weighted by molar-refractivity contribution is 7.98. The van der Waals surface area contributed by atoms with Crippen LogP contribution in [0.3, 0.4) is 0 Å². The van der Waals surface area contributed by atoms with Gasteiger partial charge in [0.05, 0.1) is 5.69 Å². The van der Waals surface area contributed by atoms with Gasteiger partial charge in [-0.3, -0.25) is 4.79 Å². The molecule has 1 unspecified atom stereocenters. The van der Waals surface area contributed by atoms with Crippen LogP contribution in [0.4, 0.5) is 4.79 Å². The number of piperidine rings is 1. The quantitative estimate of drug-likeness (QED) is 0.654. The van der Waals surface area contributed by atoms with Gasteiger partial charge in [-0.25, -0.2) is 14.8 Å². The van der Waals surface area contributed by atoms with E-state index in [0.717, 1.165) is 0 Å². The summed E-state index contributed by atoms with van der Waals surface area (Å²) in [5.74, 6) is -0.397. The molecule has 1 aromatic heterocycles. The van der Waals surface area contributed by atoms with Gasteiger partial charge in [0.25, 0.3) is 0 Å². The molecule has 24 heavy (non-hydrogen) atoms. The van der Waals surface area contributed by atoms with Gasteiger partial charge in [-0.2, -0.15) is 0 Å². The van der Waals surface area contributed by atoms with E-state index in [1.807, 2.05) is 27.0 Å². The third kappa shape index (κ3) is 2.62. The number of amides is 2. The van der Waals surface area contributed by atoms with Gasteiger partial charge in [-0.1, -0.05) is 11.8 Å². The minimum absolute atomic E-state index is 0.00729. The second kappa shape index (κ2) is 5.61. The molecule has 1 aliphatic carbocycles. The summed E-state index contributed by atoms with van der Waals surface area (Å²) in [7, 11) is 0. The van der Waals surface area contributed by atoms with E-state index in [1.54, 1.807) is 17.2 Å². The summed E-state index contributed by atoms with van der Waals surface area (Å²) in [5, 5.41) is 0.613. The first kappa shape index (κ1) is 17.0. The molecule has 2 fully saturated rings. The summed E-state index contributed by atoms with van der Waals surface area (Å²) in [6.07, 6.45) is 3.19. The molecular weight excluding hydrogens is 328 g/mol. The first-order chi connectivity index (χ1) is 11.2. The monoisotopic (exact) mass is 350 g/mol. The van der Waals surface area contributed by atoms with E-state index in [2.05, 4.69) is 9.97 Å². The molecule has 3 atom stereocenters. The second-order valence-corrected chi connectivity index (χ2v) is 8.03. The number of carbonyl (C=O) groups is 2. The van der Waals surface area contributed by atoms with E-state index < -0.39 is 11.0 Å². The number of nitrogens with zero attached hydrogens (tertiary/aromatic N) is 3. The smallest absolute Gasteiger partial charge is 0.410 e. The van der Waals surface area contributed by atoms with Crippen LogP contribution in [0.1, 0.15) is 26.5 Å². The molecule has 130 valence electrons. The van der Waals surface area contributed by atoms with Crippen LogP contribution >= 0.6 is 11.8 Å². The van der Waals surface area contributed by atoms with E-state index >= 15 is 0 Å². The Balaban J connectivity index is 1.79. The van der Waals surface area contributed by atoms with Crippen molar-refractivity contribution in [3.8, 4) is 0 Å². The number of rotatable bonds is 3. The highest BCUT2D eigenvalue weighted by Crippen LogP contribution is 2.63. The Hall–Kier alpha value is -1.83. The van der Waals surface area contributed by atoms with Gasteiger partial charge in [0.15, 0.2) is 5.16 Å². The van der Waals surface area contributed by atoms with Gasteiger partial charge in [0.2, 0.25) is 5.91 Å². The standard InChI is InChI=1S/C16H22N4O3S/c1-15(2,3)23-14(22)20-7-9-10(8-20)16(9,12(17)21)11-5-6-18-13(19-11)24-4/h5-6,9-10H,7-8H2,1-4H3,(H2,17,21)/t9-,10+,16?. The molecule has 1 aromatic rings. The second-order valence-electron chi connectivity index (χ2n) is 7.26. The van der Waals surface area contributed by atoms with Crippen molar-refractivity contribution in [2.45, 2.75) is 36.9 Å². The first-order valence-electron chi connectivity index (χ1n) is 7.85. The summed E-state index contributed by atoms with van der Waals surface area (Å²) in [6.45, 7) is 6.42. The molecule has 8 heteroatoms. The Kier molecular flexibility index (Phi) is 3.98. The lowest BCUT2D eigenvalue weighted by Gasteiger charge is -2.28. The van der Waals surface area contributed by atoms with Crippen LogP contribution < -0.4 is 5.73 Å². The maximum Gasteiger partial charge on any atom is 0.410 e. The Morgan fingerprint density at radius 2 is 2.00 bits per heavy atom. The molecule has 2 N–H and O–H groups in total. The minimum Gasteiger partial charge on any atom is -0.444 e. The van der Waals surface area contributed by atoms with E-state index in [0.29, 0.717) is 23.9 Å². The van der Waals surface area contributed by atoms with Crippen LogP contribution in [-0.4, -0.2) is 51.8 Å². The average Bonchev–Trinajstić information content (AvgIpc) is 2.90. The molecule has 0 bridgehead atoms. The van der Waals surface area contributed by atoms with E-state index in [4.69, 9.17) is 10.5 Å². The van der Waals surface area contributed by atoms with Gasteiger partial charge >= 0.3 is 6.09 Å². The summed E-state index contributed by atoms with van der Waals surface area (Å²) in [6, 6.07) is 1.75. The van der Waals surface area contributed by atoms with Crippen LogP contribution in [-0.2, 0) is 14.9 Å². The number of aromatic nitrogens is 2. The molecule has 1 saturated heterocycles. The minimum atomic E-state index is -0.786. The number of ether oxygens (including phenoxy) is 1. The maximum absolute atomic E-state index is 12.2. The average molecular weight is 350 g/mol. The number of hydrogen-bond donors (Lipinski definition) is 1. The Bertz CT molecular complexity index is 676. The van der Waals surface area contributed by atoms with E-state index in [1.165, 1.54) is 11.8 Å². The summed E-state index contributed by atoms with van der Waals surface area (Å²) in [5.41, 5.74) is 5.07. The lowest BCUT2D eigenvalue weighted by Crippen LogP contribution is -2.43. The van der Waals surface area contributed by atoms with Crippen molar-refractivity contribution >= 4 is 23.8 Å². The van der Waals surface area contributed by atoms with Crippen LogP contribution in [0, 0.1) is 11.8 Å². The van der Waals surface area contributed by atoms with Crippen molar-refractivity contribution in [1.82, 2.24) is 14.9 Å². The topological polar surface area (TPSA) is 98.4 Å². The number of hydrogen-bond acceptors (Lipinski definition) is 6. The lowest BCUT2D eigenvalue weighted by atomic mass is 9.94. The molecule has 2 aliphatic rings. The van der Waals surface area contributed by atoms with E-state index in [-0.39, 0.29) is 23.8 Å². The van der Waals surface area contributed by atoms with Crippen molar-refractivity contribution in [1.29, 1.82) is 0 Å². The molecule has 7 nitrogen and oxygen atoms in total. The van der Waals surface area contributed by atoms with Gasteiger partial charge in [-0.15, -0.1) is 0 Å². The number of nitrogens with two attached hydrogens (primary N) is 1. The predicted octanol–water partition coefficient (Wildman–Crippen LogP) is 1.42. The SMILES string of the molecule is CSc1nccc(C2(C(N)=O)[C@@H]3CN(C(=O)OC(C)(C)C)C[C@@H]32)n1. The summed E-state index contributed by atoms with van der Waals surface area (Å²) < 4.78 is 5.40. The number of likely N-dealkylation sites (tertiary alicyclic amines) is 1. The van der Waals surface area contributed by atoms with Crippen molar-refractivity contribution in [2.75, 3.05) is 19.3 Å². The van der Waals surface area contributed by atoms with Crippen molar-refractivity contribution in [3.63, 3.8) is 0 Å². The number of primary amides is 1. The summed E-state index contributed by atoms with van der Waals surface area (Å²) in [4.78, 5) is 34.7. The fourth-order valence-corrected chi connectivity index (χ4v) is 4.00. The molecule has 2 heterocycles. The molecule has 0 radical (unpaired) electrons. The van der Waals surface area contributed by atoms with Crippen LogP contribution in [0.2, 0.25) is 0 Å². The van der Waals surface area contributed by atoms with Crippen molar-refractivity contribution < 1.29 is 14.3 Å². The van der Waals surface area contributed by atoms with Gasteiger partial charge in [0.1, 0.15) is 11.0 Å². The largest absolute Gasteiger partial charge is 0.444 e. The zero-order chi connectivity index (χ0) is 17.7. The van der Waals surface area contributed by atoms with Gasteiger partial charge in [-0.05, 0) is 33.1 Å². The van der Waals surface area contributed by atoms with Crippen LogP contribution in [0.5, 0.6) is 0 Å². The lowest BCUT2D eigenvalue weighted by molar-refractivity contribution is -0.121. The Labute approximate surface area is 145 Å². The number of fused-ring (bicyclic) bond motifs is 1. The Morgan fingerprint density at radius 1 is 1.38 bits per heavy atom. The molecular formula is C16H22N4O3S. The predicted molar refractivity (Wildman–Crippen MR) is 89.5 cm³/mol. The van der Waals surface area contributed by atoms with Crippen molar-refractivity contribution in [2.24, 2.45) is 17.6 Å². The van der Waals surface area contributed by atoms with Crippen molar-refractivity contribution in [3.05, 3.63) is 18.0 Å². The van der Waals surface area contributed by atoms with Crippen LogP contribution in [0.25, 0.3) is 0 Å². The molecule has 1 aliphatic heterocycles. The zero-order valence-corrected chi connectivity index (χ0v) is 15.1. The number of carbonyl (C=O) groups excluding carboxylic acids is 2. The first-order valence-corrected chi connectivity index (χ1v) is 9.08. The third-order valence-electron chi connectivity index (χ3n) is 4.68. The normalized spacial score (nSPS) is 28.4. The Morgan fingerprint density at radius 3 is 2.50 bits per heavy atom. The fourth-order valence-electron chi connectivity index (χ4n) is 3.65. The third-order valence-corrected chi connectivity index (χ3v) is 5.24. The summed E-state index contributed by atoms with van der Waals surface area (Å²) >= 11 is 1.42. The van der Waals surface area contributed by atoms with Gasteiger partial charge in [0, 0.05) is 31.1 Å². The maximum atomic E-state index is 12.2. The molecule has 0 spiro atoms. The van der Waals surface area contributed by atoms with Crippen LogP contribution in [0.15, 0.2) is 17.4 Å². The highest BCUT2D eigenvalue weighted by atomic mass is 32.2. The molecule has 1 saturated carbocycles. The molecule has 0 aromatic carbocycles. The molecule has 2 amide bonds. The number of thioether (sulfide) groups is 1. The fraction of sp³-hybridized carbons (Fsp3) is 0.625.